The van der Waals surface area contributed by atoms with E-state index in [1.807, 2.05) is 16.3 Å². The van der Waals surface area contributed by atoms with Gasteiger partial charge in [-0.3, -0.25) is 4.79 Å². The fourth-order valence-electron chi connectivity index (χ4n) is 2.42. The van der Waals surface area contributed by atoms with E-state index >= 15 is 0 Å². The maximum atomic E-state index is 12.3. The summed E-state index contributed by atoms with van der Waals surface area (Å²) in [5, 5.41) is 7.55. The molecule has 0 saturated carbocycles. The lowest BCUT2D eigenvalue weighted by Crippen LogP contribution is -2.45. The second-order valence-corrected chi connectivity index (χ2v) is 6.02. The first-order valence-electron chi connectivity index (χ1n) is 6.70. The van der Waals surface area contributed by atoms with Gasteiger partial charge in [0.1, 0.15) is 0 Å². The number of hydrogen-bond donors (Lipinski definition) is 1. The van der Waals surface area contributed by atoms with E-state index in [1.165, 1.54) is 12.8 Å². The molecule has 0 aromatic carbocycles. The zero-order valence-electron chi connectivity index (χ0n) is 11.2. The summed E-state index contributed by atoms with van der Waals surface area (Å²) in [6.45, 7) is 6.14. The second-order valence-electron chi connectivity index (χ2n) is 5.24. The predicted molar refractivity (Wildman–Crippen MR) is 75.9 cm³/mol. The molecule has 1 fully saturated rings. The Morgan fingerprint density at radius 3 is 3.00 bits per heavy atom. The fraction of sp³-hybridized carbons (Fsp3) is 0.643. The summed E-state index contributed by atoms with van der Waals surface area (Å²) in [7, 11) is 0. The van der Waals surface area contributed by atoms with Gasteiger partial charge in [0.25, 0.3) is 0 Å². The van der Waals surface area contributed by atoms with E-state index in [0.29, 0.717) is 12.5 Å². The monoisotopic (exact) mass is 266 g/mol. The Morgan fingerprint density at radius 2 is 2.44 bits per heavy atom. The molecule has 1 amide bonds. The highest BCUT2D eigenvalue weighted by molar-refractivity contribution is 7.07. The van der Waals surface area contributed by atoms with Crippen LogP contribution in [0.25, 0.3) is 0 Å². The van der Waals surface area contributed by atoms with E-state index < -0.39 is 0 Å². The van der Waals surface area contributed by atoms with Crippen LogP contribution in [0.15, 0.2) is 16.8 Å². The number of thiophene rings is 1. The van der Waals surface area contributed by atoms with Crippen LogP contribution in [0.5, 0.6) is 0 Å². The maximum absolute atomic E-state index is 12.3. The van der Waals surface area contributed by atoms with Gasteiger partial charge in [-0.2, -0.15) is 11.3 Å². The number of hydrogen-bond acceptors (Lipinski definition) is 3. The molecule has 0 bridgehead atoms. The lowest BCUT2D eigenvalue weighted by Gasteiger charge is -2.29. The van der Waals surface area contributed by atoms with Crippen LogP contribution in [0, 0.1) is 0 Å². The topological polar surface area (TPSA) is 32.3 Å². The summed E-state index contributed by atoms with van der Waals surface area (Å²) in [4.78, 5) is 14.4. The van der Waals surface area contributed by atoms with Crippen molar-refractivity contribution in [3.63, 3.8) is 0 Å². The van der Waals surface area contributed by atoms with Crippen molar-refractivity contribution in [1.29, 1.82) is 0 Å². The van der Waals surface area contributed by atoms with Crippen LogP contribution in [0.4, 0.5) is 0 Å². The van der Waals surface area contributed by atoms with E-state index in [-0.39, 0.29) is 11.9 Å². The molecule has 1 aromatic heterocycles. The Hall–Kier alpha value is -0.870. The molecule has 4 heteroatoms. The van der Waals surface area contributed by atoms with Gasteiger partial charge in [-0.05, 0) is 55.6 Å². The molecule has 0 radical (unpaired) electrons. The number of nitrogens with zero attached hydrogens (tertiary/aromatic N) is 1. The van der Waals surface area contributed by atoms with Crippen molar-refractivity contribution in [3.05, 3.63) is 22.4 Å². The molecule has 18 heavy (non-hydrogen) atoms. The maximum Gasteiger partial charge on any atom is 0.227 e. The zero-order valence-corrected chi connectivity index (χ0v) is 12.0. The van der Waals surface area contributed by atoms with Crippen LogP contribution in [0.3, 0.4) is 0 Å². The third-order valence-electron chi connectivity index (χ3n) is 3.46. The van der Waals surface area contributed by atoms with E-state index in [1.54, 1.807) is 11.3 Å². The third kappa shape index (κ3) is 3.56. The van der Waals surface area contributed by atoms with Gasteiger partial charge in [0, 0.05) is 18.6 Å². The number of rotatable bonds is 5. The van der Waals surface area contributed by atoms with Crippen LogP contribution in [0.1, 0.15) is 32.3 Å². The van der Waals surface area contributed by atoms with Gasteiger partial charge in [-0.1, -0.05) is 0 Å². The summed E-state index contributed by atoms with van der Waals surface area (Å²) in [6.07, 6.45) is 2.96. The molecule has 100 valence electrons. The predicted octanol–water partition coefficient (Wildman–Crippen LogP) is 2.28. The quantitative estimate of drug-likeness (QED) is 0.887. The third-order valence-corrected chi connectivity index (χ3v) is 4.19. The molecule has 1 aliphatic rings. The summed E-state index contributed by atoms with van der Waals surface area (Å²) in [6, 6.07) is 2.80. The number of carbonyl (C=O) groups is 1. The van der Waals surface area contributed by atoms with Crippen molar-refractivity contribution in [2.24, 2.45) is 0 Å². The van der Waals surface area contributed by atoms with Crippen molar-refractivity contribution in [2.75, 3.05) is 13.1 Å². The van der Waals surface area contributed by atoms with Crippen molar-refractivity contribution in [2.45, 2.75) is 45.2 Å². The van der Waals surface area contributed by atoms with Gasteiger partial charge in [0.05, 0.1) is 6.42 Å². The summed E-state index contributed by atoms with van der Waals surface area (Å²) >= 11 is 1.65. The molecule has 1 saturated heterocycles. The molecule has 1 aliphatic heterocycles. The van der Waals surface area contributed by atoms with E-state index in [2.05, 4.69) is 24.5 Å². The molecule has 2 heterocycles. The molecular weight excluding hydrogens is 244 g/mol. The Balaban J connectivity index is 1.93. The Bertz CT molecular complexity index is 369. The van der Waals surface area contributed by atoms with Crippen LogP contribution >= 0.6 is 11.3 Å². The van der Waals surface area contributed by atoms with E-state index in [4.69, 9.17) is 0 Å². The number of amides is 1. The van der Waals surface area contributed by atoms with Gasteiger partial charge >= 0.3 is 0 Å². The lowest BCUT2D eigenvalue weighted by molar-refractivity contribution is -0.132. The van der Waals surface area contributed by atoms with Crippen molar-refractivity contribution in [3.8, 4) is 0 Å². The van der Waals surface area contributed by atoms with Gasteiger partial charge in [-0.15, -0.1) is 0 Å². The molecular formula is C14H22N2OS. The largest absolute Gasteiger partial charge is 0.338 e. The van der Waals surface area contributed by atoms with Gasteiger partial charge < -0.3 is 10.2 Å². The molecule has 0 aliphatic carbocycles. The number of carbonyl (C=O) groups excluding carboxylic acids is 1. The minimum atomic E-state index is 0.247. The van der Waals surface area contributed by atoms with Crippen LogP contribution in [-0.4, -0.2) is 36.0 Å². The molecule has 3 nitrogen and oxygen atoms in total. The molecule has 1 atom stereocenters. The van der Waals surface area contributed by atoms with Crippen LogP contribution in [0.2, 0.25) is 0 Å². The first-order chi connectivity index (χ1) is 8.66. The highest BCUT2D eigenvalue weighted by Gasteiger charge is 2.23. The molecule has 1 unspecified atom stereocenters. The summed E-state index contributed by atoms with van der Waals surface area (Å²) < 4.78 is 0. The van der Waals surface area contributed by atoms with Crippen molar-refractivity contribution in [1.82, 2.24) is 10.2 Å². The Morgan fingerprint density at radius 1 is 1.61 bits per heavy atom. The van der Waals surface area contributed by atoms with Crippen LogP contribution in [-0.2, 0) is 11.2 Å². The summed E-state index contributed by atoms with van der Waals surface area (Å²) in [5.41, 5.74) is 1.13. The molecule has 0 spiro atoms. The van der Waals surface area contributed by atoms with Gasteiger partial charge in [0.15, 0.2) is 0 Å². The highest BCUT2D eigenvalue weighted by Crippen LogP contribution is 2.13. The van der Waals surface area contributed by atoms with E-state index in [0.717, 1.165) is 18.7 Å². The van der Waals surface area contributed by atoms with Gasteiger partial charge in [-0.25, -0.2) is 0 Å². The average Bonchev–Trinajstić information content (AvgIpc) is 2.97. The zero-order chi connectivity index (χ0) is 13.0. The van der Waals surface area contributed by atoms with Crippen molar-refractivity contribution < 1.29 is 4.79 Å². The van der Waals surface area contributed by atoms with Crippen LogP contribution < -0.4 is 5.32 Å². The molecule has 2 rings (SSSR count). The minimum absolute atomic E-state index is 0.247. The van der Waals surface area contributed by atoms with Crippen molar-refractivity contribution >= 4 is 17.2 Å². The highest BCUT2D eigenvalue weighted by atomic mass is 32.1. The number of nitrogens with one attached hydrogen (secondary N) is 1. The first kappa shape index (κ1) is 13.6. The second kappa shape index (κ2) is 6.34. The summed E-state index contributed by atoms with van der Waals surface area (Å²) in [5.74, 6) is 0.247. The standard InChI is InChI=1S/C14H22N2OS/c1-11(2)16(9-13-4-3-6-15-13)14(17)8-12-5-7-18-10-12/h5,7,10-11,13,15H,3-4,6,8-9H2,1-2H3. The van der Waals surface area contributed by atoms with E-state index in [9.17, 15) is 4.79 Å². The minimum Gasteiger partial charge on any atom is -0.338 e. The SMILES string of the molecule is CC(C)N(CC1CCCN1)C(=O)Cc1ccsc1. The van der Waals surface area contributed by atoms with Gasteiger partial charge in [0.2, 0.25) is 5.91 Å². The smallest absolute Gasteiger partial charge is 0.227 e. The molecule has 1 aromatic rings. The normalized spacial score (nSPS) is 19.4. The molecule has 1 N–H and O–H groups in total. The Labute approximate surface area is 113 Å². The fourth-order valence-corrected chi connectivity index (χ4v) is 3.09. The Kier molecular flexibility index (Phi) is 4.78. The first-order valence-corrected chi connectivity index (χ1v) is 7.65. The average molecular weight is 266 g/mol. The lowest BCUT2D eigenvalue weighted by atomic mass is 10.1.